The number of rotatable bonds is 4. The van der Waals surface area contributed by atoms with Crippen molar-refractivity contribution in [1.82, 2.24) is 5.43 Å². The second-order valence-corrected chi connectivity index (χ2v) is 5.19. The van der Waals surface area contributed by atoms with Gasteiger partial charge in [0.05, 0.1) is 18.2 Å². The number of hydrogen-bond donors (Lipinski definition) is 2. The molecule has 20 heavy (non-hydrogen) atoms. The zero-order chi connectivity index (χ0) is 14.7. The van der Waals surface area contributed by atoms with Gasteiger partial charge in [0, 0.05) is 0 Å². The fourth-order valence-corrected chi connectivity index (χ4v) is 2.50. The molecule has 0 aliphatic heterocycles. The molecule has 0 aromatic heterocycles. The number of nitrogens with one attached hydrogen (secondary N) is 1. The van der Waals surface area contributed by atoms with Crippen LogP contribution in [0.1, 0.15) is 28.3 Å². The van der Waals surface area contributed by atoms with Gasteiger partial charge >= 0.3 is 0 Å². The number of nitrogens with two attached hydrogens (primary N) is 1. The molecule has 3 N–H and O–H groups in total. The van der Waals surface area contributed by atoms with Gasteiger partial charge < -0.3 is 4.74 Å². The summed E-state index contributed by atoms with van der Waals surface area (Å²) in [4.78, 5) is 0. The molecule has 0 saturated heterocycles. The highest BCUT2D eigenvalue weighted by Crippen LogP contribution is 2.31. The first kappa shape index (κ1) is 14.9. The van der Waals surface area contributed by atoms with E-state index in [1.807, 2.05) is 24.3 Å². The molecule has 0 aliphatic carbocycles. The second-order valence-electron chi connectivity index (χ2n) is 4.78. The number of hydrazine groups is 1. The fraction of sp³-hybridized carbons (Fsp3) is 0.250. The predicted octanol–water partition coefficient (Wildman–Crippen LogP) is 3.52. The lowest BCUT2D eigenvalue weighted by Gasteiger charge is -2.21. The predicted molar refractivity (Wildman–Crippen MR) is 83.1 cm³/mol. The SMILES string of the molecule is COc1cc(C(NN)c2cccc(C)c2C)ccc1Cl. The van der Waals surface area contributed by atoms with Crippen LogP contribution in [0.5, 0.6) is 5.75 Å². The zero-order valence-corrected chi connectivity index (χ0v) is 12.7. The maximum atomic E-state index is 6.07. The van der Waals surface area contributed by atoms with E-state index in [9.17, 15) is 0 Å². The van der Waals surface area contributed by atoms with E-state index in [0.717, 1.165) is 11.1 Å². The molecule has 2 rings (SSSR count). The molecule has 1 unspecified atom stereocenters. The summed E-state index contributed by atoms with van der Waals surface area (Å²) >= 11 is 6.07. The van der Waals surface area contributed by atoms with E-state index in [0.29, 0.717) is 10.8 Å². The first-order chi connectivity index (χ1) is 9.58. The third kappa shape index (κ3) is 2.80. The van der Waals surface area contributed by atoms with Crippen molar-refractivity contribution in [2.24, 2.45) is 5.84 Å². The van der Waals surface area contributed by atoms with Gasteiger partial charge in [-0.1, -0.05) is 35.9 Å². The molecule has 0 aliphatic rings. The summed E-state index contributed by atoms with van der Waals surface area (Å²) in [5.74, 6) is 6.41. The summed E-state index contributed by atoms with van der Waals surface area (Å²) in [6.07, 6.45) is 0. The Balaban J connectivity index is 2.49. The van der Waals surface area contributed by atoms with E-state index >= 15 is 0 Å². The van der Waals surface area contributed by atoms with Crippen LogP contribution < -0.4 is 16.0 Å². The molecular weight excluding hydrogens is 272 g/mol. The summed E-state index contributed by atoms with van der Waals surface area (Å²) < 4.78 is 5.27. The van der Waals surface area contributed by atoms with Crippen LogP contribution in [0, 0.1) is 13.8 Å². The number of aryl methyl sites for hydroxylation is 1. The highest BCUT2D eigenvalue weighted by Gasteiger charge is 2.16. The average Bonchev–Trinajstić information content (AvgIpc) is 2.45. The van der Waals surface area contributed by atoms with Crippen molar-refractivity contribution in [3.8, 4) is 5.75 Å². The van der Waals surface area contributed by atoms with E-state index in [2.05, 4.69) is 31.4 Å². The molecule has 1 atom stereocenters. The highest BCUT2D eigenvalue weighted by atomic mass is 35.5. The van der Waals surface area contributed by atoms with Crippen molar-refractivity contribution in [2.45, 2.75) is 19.9 Å². The Morgan fingerprint density at radius 2 is 1.95 bits per heavy atom. The van der Waals surface area contributed by atoms with Crippen molar-refractivity contribution >= 4 is 11.6 Å². The van der Waals surface area contributed by atoms with Crippen LogP contribution in [-0.4, -0.2) is 7.11 Å². The van der Waals surface area contributed by atoms with E-state index < -0.39 is 0 Å². The fourth-order valence-electron chi connectivity index (χ4n) is 2.31. The van der Waals surface area contributed by atoms with Gasteiger partial charge in [-0.2, -0.15) is 0 Å². The molecule has 0 fully saturated rings. The molecule has 0 bridgehead atoms. The van der Waals surface area contributed by atoms with Gasteiger partial charge in [0.15, 0.2) is 0 Å². The van der Waals surface area contributed by atoms with Crippen LogP contribution in [-0.2, 0) is 0 Å². The second kappa shape index (κ2) is 6.27. The van der Waals surface area contributed by atoms with Gasteiger partial charge in [0.2, 0.25) is 0 Å². The van der Waals surface area contributed by atoms with Crippen LogP contribution >= 0.6 is 11.6 Å². The van der Waals surface area contributed by atoms with Crippen LogP contribution in [0.15, 0.2) is 36.4 Å². The zero-order valence-electron chi connectivity index (χ0n) is 11.9. The number of halogens is 1. The Morgan fingerprint density at radius 1 is 1.20 bits per heavy atom. The van der Waals surface area contributed by atoms with Crippen molar-refractivity contribution in [3.63, 3.8) is 0 Å². The molecule has 0 radical (unpaired) electrons. The molecule has 0 heterocycles. The first-order valence-corrected chi connectivity index (χ1v) is 6.82. The van der Waals surface area contributed by atoms with Crippen LogP contribution in [0.4, 0.5) is 0 Å². The maximum Gasteiger partial charge on any atom is 0.137 e. The van der Waals surface area contributed by atoms with Gasteiger partial charge in [-0.3, -0.25) is 5.84 Å². The molecule has 0 amide bonds. The van der Waals surface area contributed by atoms with Crippen molar-refractivity contribution in [3.05, 3.63) is 63.7 Å². The minimum atomic E-state index is -0.0962. The third-order valence-electron chi connectivity index (χ3n) is 3.63. The average molecular weight is 291 g/mol. The number of hydrogen-bond acceptors (Lipinski definition) is 3. The number of methoxy groups -OCH3 is 1. The summed E-state index contributed by atoms with van der Waals surface area (Å²) in [5.41, 5.74) is 7.51. The summed E-state index contributed by atoms with van der Waals surface area (Å²) in [6, 6.07) is 11.8. The number of ether oxygens (including phenoxy) is 1. The Labute approximate surface area is 124 Å². The summed E-state index contributed by atoms with van der Waals surface area (Å²) in [6.45, 7) is 4.19. The quantitative estimate of drug-likeness (QED) is 0.669. The van der Waals surface area contributed by atoms with Crippen LogP contribution in [0.2, 0.25) is 5.02 Å². The van der Waals surface area contributed by atoms with Gasteiger partial charge in [-0.05, 0) is 48.2 Å². The largest absolute Gasteiger partial charge is 0.495 e. The topological polar surface area (TPSA) is 47.3 Å². The lowest BCUT2D eigenvalue weighted by atomic mass is 9.93. The van der Waals surface area contributed by atoms with Gasteiger partial charge in [0.1, 0.15) is 5.75 Å². The molecule has 3 nitrogen and oxygen atoms in total. The molecule has 106 valence electrons. The van der Waals surface area contributed by atoms with E-state index in [4.69, 9.17) is 22.2 Å². The summed E-state index contributed by atoms with van der Waals surface area (Å²) in [5, 5.41) is 0.591. The van der Waals surface area contributed by atoms with E-state index in [1.165, 1.54) is 11.1 Å². The number of benzene rings is 2. The minimum Gasteiger partial charge on any atom is -0.495 e. The van der Waals surface area contributed by atoms with Crippen LogP contribution in [0.3, 0.4) is 0 Å². The van der Waals surface area contributed by atoms with Gasteiger partial charge in [-0.15, -0.1) is 0 Å². The molecular formula is C16H19ClN2O. The highest BCUT2D eigenvalue weighted by molar-refractivity contribution is 6.32. The van der Waals surface area contributed by atoms with E-state index in [1.54, 1.807) is 7.11 Å². The van der Waals surface area contributed by atoms with Crippen molar-refractivity contribution in [2.75, 3.05) is 7.11 Å². The Kier molecular flexibility index (Phi) is 4.65. The standard InChI is InChI=1S/C16H19ClN2O/c1-10-5-4-6-13(11(10)2)16(19-18)12-7-8-14(17)15(9-12)20-3/h4-9,16,19H,18H2,1-3H3. The molecule has 0 saturated carbocycles. The molecule has 4 heteroatoms. The maximum absolute atomic E-state index is 6.07. The smallest absolute Gasteiger partial charge is 0.137 e. The van der Waals surface area contributed by atoms with Crippen LogP contribution in [0.25, 0.3) is 0 Å². The van der Waals surface area contributed by atoms with Crippen molar-refractivity contribution in [1.29, 1.82) is 0 Å². The monoisotopic (exact) mass is 290 g/mol. The lowest BCUT2D eigenvalue weighted by molar-refractivity contribution is 0.414. The Morgan fingerprint density at radius 3 is 2.60 bits per heavy atom. The first-order valence-electron chi connectivity index (χ1n) is 6.44. The Bertz CT molecular complexity index is 613. The normalized spacial score (nSPS) is 12.2. The van der Waals surface area contributed by atoms with Gasteiger partial charge in [-0.25, -0.2) is 5.43 Å². The Hall–Kier alpha value is -1.55. The van der Waals surface area contributed by atoms with Gasteiger partial charge in [0.25, 0.3) is 0 Å². The van der Waals surface area contributed by atoms with E-state index in [-0.39, 0.29) is 6.04 Å². The van der Waals surface area contributed by atoms with Crippen molar-refractivity contribution < 1.29 is 4.74 Å². The third-order valence-corrected chi connectivity index (χ3v) is 3.94. The molecule has 2 aromatic rings. The molecule has 2 aromatic carbocycles. The lowest BCUT2D eigenvalue weighted by Crippen LogP contribution is -2.29. The summed E-state index contributed by atoms with van der Waals surface area (Å²) in [7, 11) is 1.60. The molecule has 0 spiro atoms. The minimum absolute atomic E-state index is 0.0962.